The summed E-state index contributed by atoms with van der Waals surface area (Å²) in [5.41, 5.74) is 2.09. The number of sulfonamides is 1. The van der Waals surface area contributed by atoms with Gasteiger partial charge in [-0.2, -0.15) is 12.8 Å². The minimum Gasteiger partial charge on any atom is -0.857 e. The minimum atomic E-state index is -4.22. The summed E-state index contributed by atoms with van der Waals surface area (Å²) >= 11 is 6.42. The van der Waals surface area contributed by atoms with Crippen molar-refractivity contribution < 1.29 is 23.0 Å². The van der Waals surface area contributed by atoms with Crippen LogP contribution < -0.4 is 19.9 Å². The van der Waals surface area contributed by atoms with Crippen LogP contribution in [0.5, 0.6) is 11.5 Å². The highest BCUT2D eigenvalue weighted by atomic mass is 35.5. The lowest BCUT2D eigenvalue weighted by Crippen LogP contribution is -2.23. The van der Waals surface area contributed by atoms with Crippen molar-refractivity contribution in [3.8, 4) is 11.5 Å². The lowest BCUT2D eigenvalue weighted by molar-refractivity contribution is -0.212. The predicted molar refractivity (Wildman–Crippen MR) is 131 cm³/mol. The molecule has 0 aliphatic rings. The van der Waals surface area contributed by atoms with Gasteiger partial charge >= 0.3 is 0 Å². The van der Waals surface area contributed by atoms with Gasteiger partial charge in [-0.15, -0.1) is 0 Å². The summed E-state index contributed by atoms with van der Waals surface area (Å²) < 4.78 is 40.7. The molecule has 4 rings (SSSR count). The quantitative estimate of drug-likeness (QED) is 0.304. The molecule has 0 unspecified atom stereocenters. The van der Waals surface area contributed by atoms with Crippen molar-refractivity contribution in [1.82, 2.24) is 4.57 Å². The average Bonchev–Trinajstić information content (AvgIpc) is 3.19. The number of aryl methyl sites for hydroxylation is 1. The maximum Gasteiger partial charge on any atom is 0.281 e. The number of methoxy groups -OCH3 is 2. The molecule has 0 saturated carbocycles. The van der Waals surface area contributed by atoms with E-state index in [-0.39, 0.29) is 10.6 Å². The Hall–Kier alpha value is -3.69. The fourth-order valence-corrected chi connectivity index (χ4v) is 4.74. The number of rotatable bonds is 7. The highest BCUT2D eigenvalue weighted by molar-refractivity contribution is 7.90. The number of nitrogens with zero attached hydrogens (tertiary/aromatic N) is 2. The summed E-state index contributed by atoms with van der Waals surface area (Å²) in [4.78, 5) is -0.112. The summed E-state index contributed by atoms with van der Waals surface area (Å²) in [6, 6.07) is 18.1. The number of fused-ring (bicyclic) bond motifs is 1. The molecule has 8 nitrogen and oxygen atoms in total. The van der Waals surface area contributed by atoms with Crippen LogP contribution in [0.1, 0.15) is 5.69 Å². The second kappa shape index (κ2) is 9.28. The molecule has 0 saturated heterocycles. The third kappa shape index (κ3) is 4.52. The Bertz CT molecular complexity index is 1500. The fraction of sp³-hybridized carbons (Fsp3) is 0.125. The van der Waals surface area contributed by atoms with Gasteiger partial charge in [-0.3, -0.25) is 0 Å². The molecule has 0 spiro atoms. The summed E-state index contributed by atoms with van der Waals surface area (Å²) in [6.45, 7) is 0. The van der Waals surface area contributed by atoms with Crippen LogP contribution >= 0.6 is 11.6 Å². The smallest absolute Gasteiger partial charge is 0.281 e. The van der Waals surface area contributed by atoms with Crippen molar-refractivity contribution in [2.45, 2.75) is 4.90 Å². The number of benzene rings is 3. The zero-order chi connectivity index (χ0) is 24.5. The molecule has 0 aliphatic carbocycles. The number of aromatic nitrogens is 1. The number of halogens is 1. The summed E-state index contributed by atoms with van der Waals surface area (Å²) in [5, 5.41) is 17.3. The van der Waals surface area contributed by atoms with Crippen LogP contribution in [-0.4, -0.2) is 33.1 Å². The average molecular weight is 499 g/mol. The Balaban J connectivity index is 1.76. The molecule has 0 atom stereocenters. The molecule has 3 aromatic carbocycles. The van der Waals surface area contributed by atoms with Gasteiger partial charge in [0.25, 0.3) is 10.0 Å². The lowest BCUT2D eigenvalue weighted by atomic mass is 10.2. The third-order valence-electron chi connectivity index (χ3n) is 5.27. The second-order valence-corrected chi connectivity index (χ2v) is 9.36. The van der Waals surface area contributed by atoms with E-state index in [1.165, 1.54) is 35.9 Å². The molecule has 0 amide bonds. The van der Waals surface area contributed by atoms with Gasteiger partial charge in [0.1, 0.15) is 11.5 Å². The van der Waals surface area contributed by atoms with Gasteiger partial charge in [-0.25, -0.2) is 0 Å². The van der Waals surface area contributed by atoms with Crippen molar-refractivity contribution in [2.24, 2.45) is 11.4 Å². The third-order valence-corrected chi connectivity index (χ3v) is 6.85. The Morgan fingerprint density at radius 3 is 2.38 bits per heavy atom. The van der Waals surface area contributed by atoms with E-state index in [9.17, 15) is 13.5 Å². The topological polar surface area (TPSA) is 105 Å². The zero-order valence-corrected chi connectivity index (χ0v) is 20.1. The molecule has 0 fully saturated rings. The van der Waals surface area contributed by atoms with Crippen LogP contribution in [0, 0.1) is 0 Å². The molecule has 1 N–H and O–H groups in total. The van der Waals surface area contributed by atoms with Gasteiger partial charge in [0, 0.05) is 35.8 Å². The highest BCUT2D eigenvalue weighted by Gasteiger charge is 2.17. The summed E-state index contributed by atoms with van der Waals surface area (Å²) in [7, 11) is 0.466. The fourth-order valence-electron chi connectivity index (χ4n) is 3.55. The number of anilines is 2. The van der Waals surface area contributed by atoms with Crippen molar-refractivity contribution in [3.05, 3.63) is 77.4 Å². The molecular weight excluding hydrogens is 478 g/mol. The molecule has 4 aromatic rings. The maximum absolute atomic E-state index is 12.9. The highest BCUT2D eigenvalue weighted by Crippen LogP contribution is 2.34. The molecule has 0 bridgehead atoms. The number of hydrogen-bond donors (Lipinski definition) is 1. The largest absolute Gasteiger partial charge is 0.857 e. The minimum absolute atomic E-state index is 0.0777. The maximum atomic E-state index is 12.9. The van der Waals surface area contributed by atoms with E-state index in [4.69, 9.17) is 21.1 Å². The Morgan fingerprint density at radius 1 is 1.00 bits per heavy atom. The van der Waals surface area contributed by atoms with Crippen LogP contribution in [0.3, 0.4) is 0 Å². The van der Waals surface area contributed by atoms with E-state index in [0.29, 0.717) is 33.1 Å². The van der Waals surface area contributed by atoms with Gasteiger partial charge < -0.3 is 24.5 Å². The van der Waals surface area contributed by atoms with E-state index in [1.54, 1.807) is 32.4 Å². The number of nitrogens with one attached hydrogen (secondary N) is 1. The standard InChI is InChI=1S/C24H22ClN3O5S/c1-28-22(24(29)27-34(30,31)18-9-7-16(32-2)8-10-18)14-19-21(12-11-20(25)23(19)28)26-15-5-4-6-17(13-15)33-3/h4-14,26H,1-3H3,(H,27,29)/p-1. The van der Waals surface area contributed by atoms with E-state index in [0.717, 1.165) is 5.69 Å². The van der Waals surface area contributed by atoms with Crippen LogP contribution in [-0.2, 0) is 17.1 Å². The summed E-state index contributed by atoms with van der Waals surface area (Å²) in [6.07, 6.45) is 0. The van der Waals surface area contributed by atoms with Gasteiger partial charge in [0.2, 0.25) is 0 Å². The molecular formula is C24H21ClN3O5S-. The van der Waals surface area contributed by atoms with Gasteiger partial charge in [0.15, 0.2) is 0 Å². The van der Waals surface area contributed by atoms with E-state index >= 15 is 0 Å². The SMILES string of the molecule is COc1ccc(S(=O)(=O)/N=C(\[O-])c2cc3c(Nc4cccc(OC)c4)ccc(Cl)c3n2C)cc1. The molecule has 10 heteroatoms. The van der Waals surface area contributed by atoms with E-state index < -0.39 is 15.9 Å². The van der Waals surface area contributed by atoms with Crippen molar-refractivity contribution in [1.29, 1.82) is 0 Å². The van der Waals surface area contributed by atoms with Crippen molar-refractivity contribution in [3.63, 3.8) is 0 Å². The van der Waals surface area contributed by atoms with Crippen LogP contribution in [0.15, 0.2) is 76.0 Å². The normalized spacial score (nSPS) is 12.1. The van der Waals surface area contributed by atoms with Gasteiger partial charge in [0.05, 0.1) is 35.3 Å². The second-order valence-electron chi connectivity index (χ2n) is 7.35. The van der Waals surface area contributed by atoms with Gasteiger partial charge in [-0.1, -0.05) is 17.7 Å². The van der Waals surface area contributed by atoms with Crippen molar-refractivity contribution in [2.75, 3.05) is 19.5 Å². The number of ether oxygens (including phenoxy) is 2. The first-order valence-corrected chi connectivity index (χ1v) is 11.9. The lowest BCUT2D eigenvalue weighted by Gasteiger charge is -2.12. The monoisotopic (exact) mass is 498 g/mol. The van der Waals surface area contributed by atoms with Crippen LogP contribution in [0.2, 0.25) is 5.02 Å². The first-order chi connectivity index (χ1) is 16.2. The molecule has 34 heavy (non-hydrogen) atoms. The first-order valence-electron chi connectivity index (χ1n) is 10.1. The summed E-state index contributed by atoms with van der Waals surface area (Å²) in [5.74, 6) is 0.268. The molecule has 176 valence electrons. The molecule has 1 aromatic heterocycles. The van der Waals surface area contributed by atoms with E-state index in [1.807, 2.05) is 24.3 Å². The molecule has 1 heterocycles. The Kier molecular flexibility index (Phi) is 6.41. The number of hydrogen-bond acceptors (Lipinski definition) is 6. The molecule has 0 aliphatic heterocycles. The van der Waals surface area contributed by atoms with Crippen LogP contribution in [0.25, 0.3) is 10.9 Å². The van der Waals surface area contributed by atoms with Crippen molar-refractivity contribution >= 4 is 49.8 Å². The van der Waals surface area contributed by atoms with E-state index in [2.05, 4.69) is 9.71 Å². The Labute approximate surface area is 202 Å². The van der Waals surface area contributed by atoms with Crippen LogP contribution in [0.4, 0.5) is 11.4 Å². The zero-order valence-electron chi connectivity index (χ0n) is 18.6. The van der Waals surface area contributed by atoms with Gasteiger partial charge in [-0.05, 0) is 54.6 Å². The Morgan fingerprint density at radius 2 is 1.71 bits per heavy atom. The predicted octanol–water partition coefficient (Wildman–Crippen LogP) is 4.09. The first kappa shape index (κ1) is 23.5. The molecule has 0 radical (unpaired) electrons.